The third-order valence-electron chi connectivity index (χ3n) is 9.64. The number of benzene rings is 2. The molecule has 0 bridgehead atoms. The van der Waals surface area contributed by atoms with Crippen molar-refractivity contribution >= 4 is 23.4 Å². The van der Waals surface area contributed by atoms with Gasteiger partial charge in [-0.15, -0.1) is 0 Å². The molecule has 2 fully saturated rings. The first-order valence-corrected chi connectivity index (χ1v) is 15.2. The van der Waals surface area contributed by atoms with Crippen LogP contribution in [0.4, 0.5) is 29.5 Å². The minimum absolute atomic E-state index is 0.0453. The van der Waals surface area contributed by atoms with Gasteiger partial charge < -0.3 is 14.7 Å². The standard InChI is InChI=1S/C34H32F3N5O3/c35-19-34(10-11-34)20-41-30(42(33(43)44)28-5-2-12-39-32(28)41)18-40-13-8-22(9-14-40)23-3-1-4-25-27(37)16-29(45-31(23)25)24-7-6-21(17-38)15-26(24)36/h1-7,12,15-16,22,29-30H,8-11,13-14,18-20H2,(H,43,44). The Kier molecular flexibility index (Phi) is 7.40. The normalized spacial score (nSPS) is 22.2. The summed E-state index contributed by atoms with van der Waals surface area (Å²) in [6.07, 6.45) is 3.28. The lowest BCUT2D eigenvalue weighted by atomic mass is 9.86. The highest BCUT2D eigenvalue weighted by Crippen LogP contribution is 2.50. The van der Waals surface area contributed by atoms with Gasteiger partial charge in [-0.3, -0.25) is 14.2 Å². The second-order valence-corrected chi connectivity index (χ2v) is 12.4. The lowest BCUT2D eigenvalue weighted by molar-refractivity contribution is 0.178. The molecule has 232 valence electrons. The van der Waals surface area contributed by atoms with E-state index in [1.807, 2.05) is 17.0 Å². The van der Waals surface area contributed by atoms with Crippen molar-refractivity contribution in [2.75, 3.05) is 42.7 Å². The van der Waals surface area contributed by atoms with E-state index in [4.69, 9.17) is 10.00 Å². The second-order valence-electron chi connectivity index (χ2n) is 12.4. The number of para-hydroxylation sites is 1. The maximum atomic E-state index is 15.3. The molecule has 2 unspecified atom stereocenters. The molecule has 0 radical (unpaired) electrons. The van der Waals surface area contributed by atoms with Crippen molar-refractivity contribution in [2.24, 2.45) is 5.41 Å². The number of carbonyl (C=O) groups is 1. The number of carboxylic acid groups (broad SMARTS) is 1. The lowest BCUT2D eigenvalue weighted by Gasteiger charge is -2.39. The monoisotopic (exact) mass is 615 g/mol. The fourth-order valence-electron chi connectivity index (χ4n) is 6.92. The molecule has 2 atom stereocenters. The molecule has 7 rings (SSSR count). The van der Waals surface area contributed by atoms with E-state index in [-0.39, 0.29) is 17.0 Å². The van der Waals surface area contributed by atoms with E-state index in [0.29, 0.717) is 49.0 Å². The number of aromatic nitrogens is 1. The summed E-state index contributed by atoms with van der Waals surface area (Å²) < 4.78 is 50.4. The summed E-state index contributed by atoms with van der Waals surface area (Å²) in [6.45, 7) is 1.71. The number of hydrogen-bond acceptors (Lipinski definition) is 6. The number of hydrogen-bond donors (Lipinski definition) is 1. The van der Waals surface area contributed by atoms with Gasteiger partial charge in [0.05, 0.1) is 29.6 Å². The summed E-state index contributed by atoms with van der Waals surface area (Å²) in [7, 11) is 0. The number of fused-ring (bicyclic) bond motifs is 2. The number of anilines is 2. The van der Waals surface area contributed by atoms with Gasteiger partial charge in [-0.05, 0) is 86.7 Å². The number of alkyl halides is 1. The zero-order valence-electron chi connectivity index (χ0n) is 24.5. The van der Waals surface area contributed by atoms with E-state index < -0.39 is 42.1 Å². The van der Waals surface area contributed by atoms with Gasteiger partial charge in [-0.2, -0.15) is 5.26 Å². The Balaban J connectivity index is 1.09. The molecule has 0 spiro atoms. The Morgan fingerprint density at radius 3 is 2.60 bits per heavy atom. The van der Waals surface area contributed by atoms with Crippen LogP contribution in [0, 0.1) is 22.6 Å². The molecule has 1 aliphatic carbocycles. The maximum absolute atomic E-state index is 15.3. The van der Waals surface area contributed by atoms with Crippen LogP contribution in [0.5, 0.6) is 5.75 Å². The number of nitriles is 1. The van der Waals surface area contributed by atoms with Crippen molar-refractivity contribution in [1.29, 1.82) is 5.26 Å². The van der Waals surface area contributed by atoms with Crippen LogP contribution in [0.3, 0.4) is 0 Å². The minimum atomic E-state index is -1.08. The molecule has 1 saturated carbocycles. The second kappa shape index (κ2) is 11.4. The summed E-state index contributed by atoms with van der Waals surface area (Å²) >= 11 is 0. The fourth-order valence-corrected chi connectivity index (χ4v) is 6.92. The molecule has 3 aliphatic heterocycles. The molecule has 2 aromatic carbocycles. The van der Waals surface area contributed by atoms with Crippen molar-refractivity contribution in [3.8, 4) is 11.8 Å². The van der Waals surface area contributed by atoms with Gasteiger partial charge in [-0.25, -0.2) is 18.6 Å². The van der Waals surface area contributed by atoms with Crippen molar-refractivity contribution in [3.05, 3.63) is 88.9 Å². The van der Waals surface area contributed by atoms with Crippen LogP contribution in [0.15, 0.2) is 60.8 Å². The molecule has 1 saturated heterocycles. The highest BCUT2D eigenvalue weighted by molar-refractivity contribution is 5.94. The van der Waals surface area contributed by atoms with Gasteiger partial charge in [0.1, 0.15) is 29.7 Å². The number of rotatable bonds is 7. The predicted molar refractivity (Wildman–Crippen MR) is 162 cm³/mol. The van der Waals surface area contributed by atoms with E-state index in [9.17, 15) is 18.7 Å². The van der Waals surface area contributed by atoms with Gasteiger partial charge >= 0.3 is 6.09 Å². The smallest absolute Gasteiger partial charge is 0.413 e. The summed E-state index contributed by atoms with van der Waals surface area (Å²) in [5.41, 5.74) is 1.55. The number of likely N-dealkylation sites (tertiary alicyclic amines) is 1. The van der Waals surface area contributed by atoms with E-state index in [1.54, 1.807) is 30.5 Å². The van der Waals surface area contributed by atoms with Crippen molar-refractivity contribution in [3.63, 3.8) is 0 Å². The number of nitrogens with zero attached hydrogens (tertiary/aromatic N) is 5. The van der Waals surface area contributed by atoms with Gasteiger partial charge in [0.25, 0.3) is 0 Å². The van der Waals surface area contributed by atoms with Gasteiger partial charge in [0, 0.05) is 30.3 Å². The van der Waals surface area contributed by atoms with Crippen molar-refractivity contribution < 1.29 is 27.8 Å². The summed E-state index contributed by atoms with van der Waals surface area (Å²) in [5, 5.41) is 19.3. The molecule has 11 heteroatoms. The molecule has 45 heavy (non-hydrogen) atoms. The van der Waals surface area contributed by atoms with E-state index in [2.05, 4.69) is 9.88 Å². The quantitative estimate of drug-likeness (QED) is 0.313. The number of halogens is 3. The van der Waals surface area contributed by atoms with Crippen LogP contribution >= 0.6 is 0 Å². The maximum Gasteiger partial charge on any atom is 0.413 e. The summed E-state index contributed by atoms with van der Waals surface area (Å²) in [6, 6.07) is 14.8. The Hall–Kier alpha value is -4.56. The molecular formula is C34H32F3N5O3. The Morgan fingerprint density at radius 2 is 1.91 bits per heavy atom. The Morgan fingerprint density at radius 1 is 1.11 bits per heavy atom. The topological polar surface area (TPSA) is 92.9 Å². The van der Waals surface area contributed by atoms with Crippen LogP contribution in [0.1, 0.15) is 60.0 Å². The highest BCUT2D eigenvalue weighted by atomic mass is 19.1. The molecule has 4 heterocycles. The van der Waals surface area contributed by atoms with Crippen LogP contribution < -0.4 is 14.5 Å². The first kappa shape index (κ1) is 29.2. The van der Waals surface area contributed by atoms with E-state index in [1.165, 1.54) is 23.1 Å². The average molecular weight is 616 g/mol. The van der Waals surface area contributed by atoms with Crippen LogP contribution in [-0.2, 0) is 0 Å². The van der Waals surface area contributed by atoms with E-state index >= 15 is 4.39 Å². The molecule has 8 nitrogen and oxygen atoms in total. The van der Waals surface area contributed by atoms with Crippen molar-refractivity contribution in [2.45, 2.75) is 43.9 Å². The molecular weight excluding hydrogens is 583 g/mol. The third kappa shape index (κ3) is 5.27. The predicted octanol–water partition coefficient (Wildman–Crippen LogP) is 6.80. The molecule has 1 N–H and O–H groups in total. The SMILES string of the molecule is N#Cc1ccc(C2C=C(F)c3cccc(C4CCN(CC5N(CC6(CF)CC6)c6ncccc6N5C(=O)O)CC4)c3O2)c(F)c1. The minimum Gasteiger partial charge on any atom is -0.480 e. The first-order chi connectivity index (χ1) is 21.8. The van der Waals surface area contributed by atoms with Gasteiger partial charge in [0.2, 0.25) is 0 Å². The van der Waals surface area contributed by atoms with Crippen molar-refractivity contribution in [1.82, 2.24) is 9.88 Å². The average Bonchev–Trinajstić information content (AvgIpc) is 3.77. The zero-order valence-corrected chi connectivity index (χ0v) is 24.5. The number of amides is 1. The third-order valence-corrected chi connectivity index (χ3v) is 9.64. The number of ether oxygens (including phenoxy) is 1. The summed E-state index contributed by atoms with van der Waals surface area (Å²) in [4.78, 5) is 22.5. The molecule has 3 aromatic rings. The molecule has 4 aliphatic rings. The fraction of sp³-hybridized carbons (Fsp3) is 0.382. The van der Waals surface area contributed by atoms with Gasteiger partial charge in [-0.1, -0.05) is 18.2 Å². The van der Waals surface area contributed by atoms with Crippen LogP contribution in [0.25, 0.3) is 5.83 Å². The Bertz CT molecular complexity index is 1710. The first-order valence-electron chi connectivity index (χ1n) is 15.2. The van der Waals surface area contributed by atoms with Crippen LogP contribution in [-0.4, -0.2) is 60.1 Å². The van der Waals surface area contributed by atoms with Crippen LogP contribution in [0.2, 0.25) is 0 Å². The lowest BCUT2D eigenvalue weighted by Crippen LogP contribution is -2.54. The molecule has 1 aromatic heterocycles. The van der Waals surface area contributed by atoms with E-state index in [0.717, 1.165) is 37.3 Å². The summed E-state index contributed by atoms with van der Waals surface area (Å²) in [5.74, 6) is -0.120. The number of piperidine rings is 1. The largest absolute Gasteiger partial charge is 0.480 e. The zero-order chi connectivity index (χ0) is 31.3. The Labute approximate surface area is 258 Å². The van der Waals surface area contributed by atoms with Gasteiger partial charge in [0.15, 0.2) is 5.82 Å². The highest BCUT2D eigenvalue weighted by Gasteiger charge is 2.50. The number of pyridine rings is 1. The molecule has 1 amide bonds.